The number of ether oxygens (including phenoxy) is 2. The Morgan fingerprint density at radius 3 is 2.58 bits per heavy atom. The van der Waals surface area contributed by atoms with Crippen LogP contribution in [0, 0.1) is 0 Å². The van der Waals surface area contributed by atoms with E-state index in [1.807, 2.05) is 12.1 Å². The third kappa shape index (κ3) is 7.47. The standard InChI is InChI=1S/C26H32N2O5S3/c1-4-6-7-8-9-10-16-33-22-18-20(13-14-21(22)32-3)19-23-25(29)28(15-5-2)26(35-23)27-36(30,31)24-12-11-17-34-24/h5,11-14,17-19H,2,4,6-10,15-16H2,1,3H3/b23-19-,27-26+. The molecular formula is C26H32N2O5S3. The second kappa shape index (κ2) is 13.7. The zero-order valence-corrected chi connectivity index (χ0v) is 23.1. The van der Waals surface area contributed by atoms with Crippen LogP contribution in [0.4, 0.5) is 0 Å². The van der Waals surface area contributed by atoms with Gasteiger partial charge in [-0.15, -0.1) is 22.3 Å². The Hall–Kier alpha value is -2.56. The minimum Gasteiger partial charge on any atom is -0.493 e. The Balaban J connectivity index is 1.78. The van der Waals surface area contributed by atoms with Gasteiger partial charge in [-0.3, -0.25) is 9.69 Å². The number of carbonyl (C=O) groups excluding carboxylic acids is 1. The van der Waals surface area contributed by atoms with E-state index in [9.17, 15) is 13.2 Å². The van der Waals surface area contributed by atoms with Crippen LogP contribution in [-0.4, -0.2) is 44.7 Å². The molecule has 2 aromatic rings. The molecule has 0 aliphatic carbocycles. The lowest BCUT2D eigenvalue weighted by Gasteiger charge is -2.12. The summed E-state index contributed by atoms with van der Waals surface area (Å²) in [5.74, 6) is 0.893. The van der Waals surface area contributed by atoms with E-state index in [0.717, 1.165) is 41.5 Å². The average Bonchev–Trinajstić information content (AvgIpc) is 3.50. The molecule has 0 unspecified atom stereocenters. The van der Waals surface area contributed by atoms with Crippen molar-refractivity contribution in [2.24, 2.45) is 4.40 Å². The summed E-state index contributed by atoms with van der Waals surface area (Å²) in [6, 6.07) is 8.58. The summed E-state index contributed by atoms with van der Waals surface area (Å²) in [5.41, 5.74) is 0.741. The minimum atomic E-state index is -3.91. The van der Waals surface area contributed by atoms with Crippen LogP contribution in [0.3, 0.4) is 0 Å². The molecule has 1 amide bonds. The zero-order valence-electron chi connectivity index (χ0n) is 20.6. The monoisotopic (exact) mass is 548 g/mol. The van der Waals surface area contributed by atoms with E-state index < -0.39 is 10.0 Å². The van der Waals surface area contributed by atoms with E-state index in [2.05, 4.69) is 17.9 Å². The highest BCUT2D eigenvalue weighted by Gasteiger charge is 2.34. The number of methoxy groups -OCH3 is 1. The predicted molar refractivity (Wildman–Crippen MR) is 148 cm³/mol. The van der Waals surface area contributed by atoms with Crippen molar-refractivity contribution in [2.75, 3.05) is 20.3 Å². The van der Waals surface area contributed by atoms with Gasteiger partial charge in [0.15, 0.2) is 16.7 Å². The molecule has 1 aromatic heterocycles. The molecule has 194 valence electrons. The molecular weight excluding hydrogens is 516 g/mol. The van der Waals surface area contributed by atoms with Crippen molar-refractivity contribution < 1.29 is 22.7 Å². The van der Waals surface area contributed by atoms with Crippen LogP contribution in [0.1, 0.15) is 51.0 Å². The number of thioether (sulfide) groups is 1. The topological polar surface area (TPSA) is 85.3 Å². The predicted octanol–water partition coefficient (Wildman–Crippen LogP) is 6.34. The van der Waals surface area contributed by atoms with Crippen LogP contribution in [0.15, 0.2) is 61.9 Å². The molecule has 1 fully saturated rings. The van der Waals surface area contributed by atoms with Gasteiger partial charge in [0.05, 0.1) is 18.6 Å². The van der Waals surface area contributed by atoms with E-state index >= 15 is 0 Å². The lowest BCUT2D eigenvalue weighted by Crippen LogP contribution is -2.29. The Morgan fingerprint density at radius 1 is 1.11 bits per heavy atom. The highest BCUT2D eigenvalue weighted by Crippen LogP contribution is 2.36. The SMILES string of the molecule is C=CCN1C(=O)/C(=C/c2ccc(OC)c(OCCCCCCCC)c2)S/C1=N/S(=O)(=O)c1cccs1. The molecule has 7 nitrogen and oxygen atoms in total. The van der Waals surface area contributed by atoms with Crippen LogP contribution in [0.25, 0.3) is 6.08 Å². The number of carbonyl (C=O) groups is 1. The van der Waals surface area contributed by atoms with Gasteiger partial charge in [-0.05, 0) is 53.4 Å². The first-order valence-electron chi connectivity index (χ1n) is 11.9. The fraction of sp³-hybridized carbons (Fsp3) is 0.385. The van der Waals surface area contributed by atoms with Gasteiger partial charge in [0.25, 0.3) is 15.9 Å². The van der Waals surface area contributed by atoms with Crippen LogP contribution in [-0.2, 0) is 14.8 Å². The van der Waals surface area contributed by atoms with Crippen LogP contribution in [0.5, 0.6) is 11.5 Å². The molecule has 36 heavy (non-hydrogen) atoms. The Bertz CT molecular complexity index is 1200. The number of hydrogen-bond donors (Lipinski definition) is 0. The zero-order chi connectivity index (χ0) is 26.0. The maximum absolute atomic E-state index is 13.1. The molecule has 0 saturated carbocycles. The van der Waals surface area contributed by atoms with Gasteiger partial charge in [0.1, 0.15) is 4.21 Å². The fourth-order valence-electron chi connectivity index (χ4n) is 3.54. The Morgan fingerprint density at radius 2 is 1.89 bits per heavy atom. The van der Waals surface area contributed by atoms with Gasteiger partial charge in [-0.25, -0.2) is 0 Å². The molecule has 0 N–H and O–H groups in total. The third-order valence-corrected chi connectivity index (χ3v) is 9.15. The first-order valence-corrected chi connectivity index (χ1v) is 15.0. The van der Waals surface area contributed by atoms with Crippen molar-refractivity contribution in [1.82, 2.24) is 4.90 Å². The van der Waals surface area contributed by atoms with E-state index in [1.165, 1.54) is 42.7 Å². The number of nitrogens with zero attached hydrogens (tertiary/aromatic N) is 2. The summed E-state index contributed by atoms with van der Waals surface area (Å²) < 4.78 is 40.9. The van der Waals surface area contributed by atoms with Crippen molar-refractivity contribution in [2.45, 2.75) is 49.7 Å². The van der Waals surface area contributed by atoms with E-state index in [1.54, 1.807) is 30.7 Å². The molecule has 1 aromatic carbocycles. The molecule has 0 bridgehead atoms. The highest BCUT2D eigenvalue weighted by molar-refractivity contribution is 8.19. The first kappa shape index (κ1) is 28.0. The maximum Gasteiger partial charge on any atom is 0.294 e. The number of unbranched alkanes of at least 4 members (excludes halogenated alkanes) is 5. The molecule has 2 heterocycles. The van der Waals surface area contributed by atoms with Gasteiger partial charge in [0, 0.05) is 6.54 Å². The number of sulfonamides is 1. The number of amidine groups is 1. The quantitative estimate of drug-likeness (QED) is 0.156. The normalized spacial score (nSPS) is 16.2. The summed E-state index contributed by atoms with van der Waals surface area (Å²) in [5, 5.41) is 1.77. The van der Waals surface area contributed by atoms with E-state index in [0.29, 0.717) is 23.0 Å². The number of rotatable bonds is 14. The molecule has 3 rings (SSSR count). The smallest absolute Gasteiger partial charge is 0.294 e. The summed E-state index contributed by atoms with van der Waals surface area (Å²) in [4.78, 5) is 14.7. The largest absolute Gasteiger partial charge is 0.493 e. The van der Waals surface area contributed by atoms with Gasteiger partial charge >= 0.3 is 0 Å². The molecule has 1 saturated heterocycles. The van der Waals surface area contributed by atoms with Crippen molar-refractivity contribution >= 4 is 50.3 Å². The Labute approximate surface area is 222 Å². The summed E-state index contributed by atoms with van der Waals surface area (Å²) in [6.07, 6.45) is 10.3. The second-order valence-corrected chi connectivity index (χ2v) is 11.9. The molecule has 0 radical (unpaired) electrons. The Kier molecular flexibility index (Phi) is 10.6. The van der Waals surface area contributed by atoms with Crippen LogP contribution < -0.4 is 9.47 Å². The van der Waals surface area contributed by atoms with Crippen LogP contribution in [0.2, 0.25) is 0 Å². The molecule has 10 heteroatoms. The van der Waals surface area contributed by atoms with Crippen molar-refractivity contribution in [3.05, 3.63) is 58.8 Å². The van der Waals surface area contributed by atoms with Crippen molar-refractivity contribution in [1.29, 1.82) is 0 Å². The number of hydrogen-bond acceptors (Lipinski definition) is 7. The van der Waals surface area contributed by atoms with Gasteiger partial charge in [-0.2, -0.15) is 8.42 Å². The number of thiophene rings is 1. The fourth-order valence-corrected chi connectivity index (χ4v) is 6.69. The lowest BCUT2D eigenvalue weighted by molar-refractivity contribution is -0.121. The third-order valence-electron chi connectivity index (χ3n) is 5.39. The van der Waals surface area contributed by atoms with Gasteiger partial charge in [-0.1, -0.05) is 57.2 Å². The summed E-state index contributed by atoms with van der Waals surface area (Å²) in [6.45, 7) is 6.62. The van der Waals surface area contributed by atoms with E-state index in [-0.39, 0.29) is 21.8 Å². The summed E-state index contributed by atoms with van der Waals surface area (Å²) >= 11 is 2.11. The second-order valence-electron chi connectivity index (χ2n) is 8.12. The highest BCUT2D eigenvalue weighted by atomic mass is 32.2. The first-order chi connectivity index (χ1) is 17.4. The summed E-state index contributed by atoms with van der Waals surface area (Å²) in [7, 11) is -2.33. The number of amides is 1. The number of benzene rings is 1. The molecule has 1 aliphatic heterocycles. The minimum absolute atomic E-state index is 0.104. The molecule has 1 aliphatic rings. The maximum atomic E-state index is 13.1. The van der Waals surface area contributed by atoms with Crippen LogP contribution >= 0.6 is 23.1 Å². The van der Waals surface area contributed by atoms with Crippen molar-refractivity contribution in [3.63, 3.8) is 0 Å². The van der Waals surface area contributed by atoms with E-state index in [4.69, 9.17) is 9.47 Å². The molecule has 0 atom stereocenters. The van der Waals surface area contributed by atoms with Gasteiger partial charge < -0.3 is 9.47 Å². The molecule has 0 spiro atoms. The lowest BCUT2D eigenvalue weighted by atomic mass is 10.1. The average molecular weight is 549 g/mol. The van der Waals surface area contributed by atoms with Crippen molar-refractivity contribution in [3.8, 4) is 11.5 Å². The van der Waals surface area contributed by atoms with Gasteiger partial charge in [0.2, 0.25) is 0 Å².